The summed E-state index contributed by atoms with van der Waals surface area (Å²) < 4.78 is 11.0. The molecule has 0 aliphatic heterocycles. The Morgan fingerprint density at radius 3 is 2.44 bits per heavy atom. The summed E-state index contributed by atoms with van der Waals surface area (Å²) >= 11 is 0. The molecule has 4 heteroatoms. The van der Waals surface area contributed by atoms with Crippen LogP contribution in [0.15, 0.2) is 18.2 Å². The van der Waals surface area contributed by atoms with Crippen molar-refractivity contribution in [2.24, 2.45) is 0 Å². The van der Waals surface area contributed by atoms with Crippen molar-refractivity contribution >= 4 is 0 Å². The fourth-order valence-electron chi connectivity index (χ4n) is 1.76. The highest BCUT2D eigenvalue weighted by atomic mass is 16.5. The Labute approximate surface area is 109 Å². The van der Waals surface area contributed by atoms with Crippen molar-refractivity contribution in [3.63, 3.8) is 0 Å². The number of methoxy groups -OCH3 is 1. The Morgan fingerprint density at radius 1 is 1.17 bits per heavy atom. The smallest absolute Gasteiger partial charge is 0.161 e. The van der Waals surface area contributed by atoms with E-state index in [1.54, 1.807) is 7.11 Å². The predicted molar refractivity (Wildman–Crippen MR) is 72.2 cm³/mol. The van der Waals surface area contributed by atoms with Gasteiger partial charge < -0.3 is 19.5 Å². The van der Waals surface area contributed by atoms with Crippen molar-refractivity contribution in [3.05, 3.63) is 23.8 Å². The van der Waals surface area contributed by atoms with Gasteiger partial charge >= 0.3 is 0 Å². The van der Waals surface area contributed by atoms with Gasteiger partial charge in [0.05, 0.1) is 13.7 Å². The molecule has 0 aromatic heterocycles. The van der Waals surface area contributed by atoms with Crippen LogP contribution in [-0.2, 0) is 6.61 Å². The first-order valence-corrected chi connectivity index (χ1v) is 6.38. The number of nitrogens with zero attached hydrogens (tertiary/aromatic N) is 1. The van der Waals surface area contributed by atoms with E-state index >= 15 is 0 Å². The molecule has 0 aliphatic carbocycles. The van der Waals surface area contributed by atoms with E-state index in [1.807, 2.05) is 18.2 Å². The van der Waals surface area contributed by atoms with Crippen LogP contribution >= 0.6 is 0 Å². The van der Waals surface area contributed by atoms with Crippen LogP contribution in [0.3, 0.4) is 0 Å². The molecular formula is C14H23NO3. The van der Waals surface area contributed by atoms with Gasteiger partial charge in [-0.05, 0) is 30.8 Å². The maximum Gasteiger partial charge on any atom is 0.161 e. The lowest BCUT2D eigenvalue weighted by Gasteiger charge is -2.19. The average Bonchev–Trinajstić information content (AvgIpc) is 2.43. The Bertz CT molecular complexity index is 351. The molecular weight excluding hydrogens is 230 g/mol. The van der Waals surface area contributed by atoms with Gasteiger partial charge in [-0.1, -0.05) is 19.9 Å². The molecule has 102 valence electrons. The molecule has 0 heterocycles. The maximum atomic E-state index is 9.11. The first-order valence-electron chi connectivity index (χ1n) is 6.38. The highest BCUT2D eigenvalue weighted by Crippen LogP contribution is 2.27. The second kappa shape index (κ2) is 7.95. The van der Waals surface area contributed by atoms with Crippen LogP contribution in [0.5, 0.6) is 11.5 Å². The van der Waals surface area contributed by atoms with Crippen molar-refractivity contribution in [2.45, 2.75) is 20.5 Å². The minimum Gasteiger partial charge on any atom is -0.493 e. The van der Waals surface area contributed by atoms with Gasteiger partial charge in [-0.3, -0.25) is 0 Å². The highest BCUT2D eigenvalue weighted by molar-refractivity contribution is 5.42. The molecule has 0 atom stereocenters. The number of ether oxygens (including phenoxy) is 2. The summed E-state index contributed by atoms with van der Waals surface area (Å²) in [7, 11) is 1.62. The third-order valence-corrected chi connectivity index (χ3v) is 2.97. The van der Waals surface area contributed by atoms with Crippen LogP contribution in [0.2, 0.25) is 0 Å². The van der Waals surface area contributed by atoms with Crippen LogP contribution in [0.1, 0.15) is 19.4 Å². The summed E-state index contributed by atoms with van der Waals surface area (Å²) in [6.07, 6.45) is 0. The molecule has 18 heavy (non-hydrogen) atoms. The van der Waals surface area contributed by atoms with E-state index in [9.17, 15) is 0 Å². The molecule has 0 radical (unpaired) electrons. The van der Waals surface area contributed by atoms with Crippen molar-refractivity contribution in [1.29, 1.82) is 0 Å². The largest absolute Gasteiger partial charge is 0.493 e. The minimum atomic E-state index is 0.0103. The quantitative estimate of drug-likeness (QED) is 0.768. The molecule has 0 bridgehead atoms. The van der Waals surface area contributed by atoms with Gasteiger partial charge in [-0.15, -0.1) is 0 Å². The Balaban J connectivity index is 2.59. The van der Waals surface area contributed by atoms with Crippen LogP contribution in [-0.4, -0.2) is 43.4 Å². The monoisotopic (exact) mass is 253 g/mol. The Hall–Kier alpha value is -1.26. The number of hydrogen-bond acceptors (Lipinski definition) is 4. The molecule has 0 unspecified atom stereocenters. The zero-order valence-corrected chi connectivity index (χ0v) is 11.5. The Kier molecular flexibility index (Phi) is 6.54. The van der Waals surface area contributed by atoms with Gasteiger partial charge in [-0.25, -0.2) is 0 Å². The van der Waals surface area contributed by atoms with E-state index in [-0.39, 0.29) is 6.61 Å². The molecule has 0 aliphatic rings. The maximum absolute atomic E-state index is 9.11. The van der Waals surface area contributed by atoms with E-state index in [4.69, 9.17) is 14.6 Å². The number of benzene rings is 1. The summed E-state index contributed by atoms with van der Waals surface area (Å²) in [6.45, 7) is 7.83. The number of aliphatic hydroxyl groups excluding tert-OH is 1. The molecule has 0 saturated carbocycles. The molecule has 0 spiro atoms. The van der Waals surface area contributed by atoms with Gasteiger partial charge in [0, 0.05) is 6.54 Å². The number of aliphatic hydroxyl groups is 1. The fraction of sp³-hybridized carbons (Fsp3) is 0.571. The number of likely N-dealkylation sites (N-methyl/N-ethyl adjacent to an activating group) is 1. The van der Waals surface area contributed by atoms with E-state index in [1.165, 1.54) is 0 Å². The third-order valence-electron chi connectivity index (χ3n) is 2.97. The van der Waals surface area contributed by atoms with Crippen molar-refractivity contribution in [2.75, 3.05) is 33.4 Å². The van der Waals surface area contributed by atoms with E-state index in [0.29, 0.717) is 18.1 Å². The van der Waals surface area contributed by atoms with Crippen molar-refractivity contribution in [3.8, 4) is 11.5 Å². The molecule has 4 nitrogen and oxygen atoms in total. The molecule has 1 aromatic carbocycles. The minimum absolute atomic E-state index is 0.0103. The predicted octanol–water partition coefficient (Wildman–Crippen LogP) is 1.91. The third kappa shape index (κ3) is 4.20. The van der Waals surface area contributed by atoms with Crippen molar-refractivity contribution < 1.29 is 14.6 Å². The number of hydrogen-bond donors (Lipinski definition) is 1. The molecule has 1 rings (SSSR count). The van der Waals surface area contributed by atoms with Gasteiger partial charge in [0.15, 0.2) is 11.5 Å². The highest BCUT2D eigenvalue weighted by Gasteiger charge is 2.06. The van der Waals surface area contributed by atoms with Crippen LogP contribution < -0.4 is 9.47 Å². The zero-order valence-electron chi connectivity index (χ0n) is 11.5. The van der Waals surface area contributed by atoms with Crippen LogP contribution in [0.4, 0.5) is 0 Å². The standard InChI is InChI=1S/C14H23NO3/c1-4-15(5-2)8-9-18-14-10-12(11-16)6-7-13(14)17-3/h6-7,10,16H,4-5,8-9,11H2,1-3H3. The molecule has 0 saturated heterocycles. The molecule has 1 aromatic rings. The lowest BCUT2D eigenvalue weighted by Crippen LogP contribution is -2.27. The van der Waals surface area contributed by atoms with Gasteiger partial charge in [-0.2, -0.15) is 0 Å². The first kappa shape index (κ1) is 14.8. The van der Waals surface area contributed by atoms with Gasteiger partial charge in [0.25, 0.3) is 0 Å². The first-order chi connectivity index (χ1) is 8.74. The van der Waals surface area contributed by atoms with E-state index in [0.717, 1.165) is 25.2 Å². The van der Waals surface area contributed by atoms with Crippen LogP contribution in [0, 0.1) is 0 Å². The summed E-state index contributed by atoms with van der Waals surface area (Å²) in [5.74, 6) is 1.39. The summed E-state index contributed by atoms with van der Waals surface area (Å²) in [4.78, 5) is 2.29. The average molecular weight is 253 g/mol. The topological polar surface area (TPSA) is 41.9 Å². The summed E-state index contributed by atoms with van der Waals surface area (Å²) in [5, 5.41) is 9.11. The summed E-state index contributed by atoms with van der Waals surface area (Å²) in [5.41, 5.74) is 0.827. The van der Waals surface area contributed by atoms with Crippen LogP contribution in [0.25, 0.3) is 0 Å². The van der Waals surface area contributed by atoms with Gasteiger partial charge in [0.1, 0.15) is 6.61 Å². The SMILES string of the molecule is CCN(CC)CCOc1cc(CO)ccc1OC. The van der Waals surface area contributed by atoms with E-state index < -0.39 is 0 Å². The van der Waals surface area contributed by atoms with E-state index in [2.05, 4.69) is 18.7 Å². The van der Waals surface area contributed by atoms with Crippen molar-refractivity contribution in [1.82, 2.24) is 4.90 Å². The fourth-order valence-corrected chi connectivity index (χ4v) is 1.76. The normalized spacial score (nSPS) is 10.7. The van der Waals surface area contributed by atoms with Gasteiger partial charge in [0.2, 0.25) is 0 Å². The molecule has 0 fully saturated rings. The molecule has 0 amide bonds. The molecule has 1 N–H and O–H groups in total. The zero-order chi connectivity index (χ0) is 13.4. The Morgan fingerprint density at radius 2 is 1.89 bits per heavy atom. The second-order valence-corrected chi connectivity index (χ2v) is 4.02. The lowest BCUT2D eigenvalue weighted by molar-refractivity contribution is 0.216. The summed E-state index contributed by atoms with van der Waals surface area (Å²) in [6, 6.07) is 5.47. The number of rotatable bonds is 8. The lowest BCUT2D eigenvalue weighted by atomic mass is 10.2. The second-order valence-electron chi connectivity index (χ2n) is 4.02.